The fourth-order valence-corrected chi connectivity index (χ4v) is 5.62. The van der Waals surface area contributed by atoms with E-state index in [4.69, 9.17) is 17.0 Å². The van der Waals surface area contributed by atoms with Crippen molar-refractivity contribution in [2.75, 3.05) is 0 Å². The van der Waals surface area contributed by atoms with Crippen molar-refractivity contribution in [3.8, 4) is 5.75 Å². The minimum Gasteiger partial charge on any atom is -0.489 e. The summed E-state index contributed by atoms with van der Waals surface area (Å²) in [5.74, 6) is 0.112. The highest BCUT2D eigenvalue weighted by Crippen LogP contribution is 2.33. The van der Waals surface area contributed by atoms with E-state index in [9.17, 15) is 9.59 Å². The van der Waals surface area contributed by atoms with E-state index in [1.165, 1.54) is 4.88 Å². The molecule has 1 N–H and O–H groups in total. The van der Waals surface area contributed by atoms with Gasteiger partial charge in [0.1, 0.15) is 17.2 Å². The number of fused-ring (bicyclic) bond motifs is 3. The van der Waals surface area contributed by atoms with Crippen LogP contribution >= 0.6 is 23.6 Å². The zero-order valence-electron chi connectivity index (χ0n) is 16.7. The lowest BCUT2D eigenvalue weighted by atomic mass is 9.97. The number of benzene rings is 2. The van der Waals surface area contributed by atoms with Crippen LogP contribution in [0.5, 0.6) is 5.75 Å². The average molecular weight is 449 g/mol. The Morgan fingerprint density at radius 1 is 1.10 bits per heavy atom. The van der Waals surface area contributed by atoms with Crippen molar-refractivity contribution in [3.05, 3.63) is 91.3 Å². The van der Waals surface area contributed by atoms with Crippen molar-refractivity contribution in [3.63, 3.8) is 0 Å². The topological polar surface area (TPSA) is 64.1 Å². The van der Waals surface area contributed by atoms with Gasteiger partial charge in [0.25, 0.3) is 11.5 Å². The first kappa shape index (κ1) is 19.9. The van der Waals surface area contributed by atoms with Gasteiger partial charge in [-0.3, -0.25) is 9.59 Å². The van der Waals surface area contributed by atoms with E-state index in [0.29, 0.717) is 23.3 Å². The second-order valence-corrected chi connectivity index (χ2v) is 9.08. The van der Waals surface area contributed by atoms with Gasteiger partial charge in [0.15, 0.2) is 4.77 Å². The van der Waals surface area contributed by atoms with Gasteiger partial charge >= 0.3 is 0 Å². The second-order valence-electron chi connectivity index (χ2n) is 7.59. The standard InChI is InChI=1S/C24H20N2O3S2/c27-22(16-9-6-10-17(13-16)29-14-15-7-2-1-3-8-15)26-23(28)20-18-11-4-5-12-19(18)31-21(20)25-24(26)30/h1-3,6-10,13H,4-5,11-12,14H2,(H,25,30). The van der Waals surface area contributed by atoms with Crippen LogP contribution in [-0.2, 0) is 19.4 Å². The molecule has 0 aliphatic heterocycles. The number of nitrogens with zero attached hydrogens (tertiary/aromatic N) is 1. The van der Waals surface area contributed by atoms with Crippen LogP contribution in [0.3, 0.4) is 0 Å². The number of carbonyl (C=O) groups excluding carboxylic acids is 1. The highest BCUT2D eigenvalue weighted by molar-refractivity contribution is 7.71. The van der Waals surface area contributed by atoms with Gasteiger partial charge < -0.3 is 9.72 Å². The summed E-state index contributed by atoms with van der Waals surface area (Å²) in [6, 6.07) is 16.7. The fraction of sp³-hybridized carbons (Fsp3) is 0.208. The lowest BCUT2D eigenvalue weighted by molar-refractivity contribution is 0.0953. The molecule has 31 heavy (non-hydrogen) atoms. The maximum atomic E-state index is 13.3. The summed E-state index contributed by atoms with van der Waals surface area (Å²) >= 11 is 6.98. The lowest BCUT2D eigenvalue weighted by Crippen LogP contribution is -2.29. The highest BCUT2D eigenvalue weighted by atomic mass is 32.1. The van der Waals surface area contributed by atoms with Crippen LogP contribution < -0.4 is 10.3 Å². The van der Waals surface area contributed by atoms with E-state index < -0.39 is 5.91 Å². The molecule has 0 spiro atoms. The SMILES string of the molecule is O=C(c1cccc(OCc2ccccc2)c1)n1c(=S)[nH]c2sc3c(c2c1=O)CCCC3. The van der Waals surface area contributed by atoms with Crippen LogP contribution in [0.4, 0.5) is 0 Å². The summed E-state index contributed by atoms with van der Waals surface area (Å²) in [6.07, 6.45) is 4.03. The molecule has 1 aliphatic rings. The fourth-order valence-electron chi connectivity index (χ4n) is 4.01. The highest BCUT2D eigenvalue weighted by Gasteiger charge is 2.22. The predicted octanol–water partition coefficient (Wildman–Crippen LogP) is 5.27. The second kappa shape index (κ2) is 8.24. The van der Waals surface area contributed by atoms with Gasteiger partial charge in [0, 0.05) is 10.4 Å². The lowest BCUT2D eigenvalue weighted by Gasteiger charge is -2.11. The van der Waals surface area contributed by atoms with Gasteiger partial charge in [-0.25, -0.2) is 4.57 Å². The van der Waals surface area contributed by atoms with Crippen molar-refractivity contribution >= 4 is 39.7 Å². The number of aromatic nitrogens is 2. The Hall–Kier alpha value is -3.03. The number of nitrogens with one attached hydrogen (secondary N) is 1. The van der Waals surface area contributed by atoms with E-state index in [-0.39, 0.29) is 10.3 Å². The molecule has 7 heteroatoms. The van der Waals surface area contributed by atoms with Crippen LogP contribution in [0.1, 0.15) is 39.2 Å². The van der Waals surface area contributed by atoms with Crippen molar-refractivity contribution in [2.45, 2.75) is 32.3 Å². The summed E-state index contributed by atoms with van der Waals surface area (Å²) < 4.78 is 7.04. The van der Waals surface area contributed by atoms with Crippen molar-refractivity contribution in [2.24, 2.45) is 0 Å². The van der Waals surface area contributed by atoms with E-state index in [2.05, 4.69) is 4.98 Å². The van der Waals surface area contributed by atoms with Gasteiger partial charge in [-0.2, -0.15) is 0 Å². The van der Waals surface area contributed by atoms with Gasteiger partial charge in [-0.15, -0.1) is 11.3 Å². The Kier molecular flexibility index (Phi) is 5.29. The molecule has 0 atom stereocenters. The number of thiophene rings is 1. The molecule has 0 bridgehead atoms. The van der Waals surface area contributed by atoms with Gasteiger partial charge in [0.05, 0.1) is 5.39 Å². The molecule has 0 amide bonds. The molecule has 0 radical (unpaired) electrons. The zero-order chi connectivity index (χ0) is 21.4. The normalized spacial score (nSPS) is 13.2. The molecule has 0 unspecified atom stereocenters. The van der Waals surface area contributed by atoms with Crippen molar-refractivity contribution in [1.29, 1.82) is 0 Å². The summed E-state index contributed by atoms with van der Waals surface area (Å²) in [5, 5.41) is 0.609. The van der Waals surface area contributed by atoms with Crippen molar-refractivity contribution in [1.82, 2.24) is 9.55 Å². The van der Waals surface area contributed by atoms with E-state index in [1.54, 1.807) is 35.6 Å². The monoisotopic (exact) mass is 448 g/mol. The van der Waals surface area contributed by atoms with Crippen LogP contribution in [0.15, 0.2) is 59.4 Å². The third-order valence-electron chi connectivity index (χ3n) is 5.54. The Labute approximate surface area is 187 Å². The van der Waals surface area contributed by atoms with Crippen LogP contribution in [0, 0.1) is 4.77 Å². The number of hydrogen-bond acceptors (Lipinski definition) is 5. The molecule has 2 heterocycles. The maximum Gasteiger partial charge on any atom is 0.270 e. The first-order valence-corrected chi connectivity index (χ1v) is 11.5. The molecule has 5 nitrogen and oxygen atoms in total. The van der Waals surface area contributed by atoms with E-state index in [1.807, 2.05) is 30.3 Å². The minimum absolute atomic E-state index is 0.122. The predicted molar refractivity (Wildman–Crippen MR) is 125 cm³/mol. The number of aryl methyl sites for hydroxylation is 2. The first-order valence-electron chi connectivity index (χ1n) is 10.2. The number of aromatic amines is 1. The third kappa shape index (κ3) is 3.75. The minimum atomic E-state index is -0.450. The quantitative estimate of drug-likeness (QED) is 0.432. The molecule has 0 saturated heterocycles. The third-order valence-corrected chi connectivity index (χ3v) is 7.04. The Morgan fingerprint density at radius 2 is 1.90 bits per heavy atom. The van der Waals surface area contributed by atoms with E-state index >= 15 is 0 Å². The molecule has 0 fully saturated rings. The molecule has 2 aromatic heterocycles. The van der Waals surface area contributed by atoms with Crippen LogP contribution in [-0.4, -0.2) is 15.5 Å². The molecule has 0 saturated carbocycles. The molecule has 5 rings (SSSR count). The molecular weight excluding hydrogens is 428 g/mol. The smallest absolute Gasteiger partial charge is 0.270 e. The van der Waals surface area contributed by atoms with Gasteiger partial charge in [-0.1, -0.05) is 36.4 Å². The number of rotatable bonds is 4. The summed E-state index contributed by atoms with van der Waals surface area (Å²) in [4.78, 5) is 31.7. The summed E-state index contributed by atoms with van der Waals surface area (Å²) in [5.41, 5.74) is 2.13. The molecule has 2 aromatic carbocycles. The average Bonchev–Trinajstić information content (AvgIpc) is 3.17. The first-order chi connectivity index (χ1) is 15.1. The summed E-state index contributed by atoms with van der Waals surface area (Å²) in [6.45, 7) is 0.394. The molecule has 156 valence electrons. The Bertz CT molecular complexity index is 1400. The van der Waals surface area contributed by atoms with Crippen LogP contribution in [0.25, 0.3) is 10.2 Å². The van der Waals surface area contributed by atoms with E-state index in [0.717, 1.165) is 46.2 Å². The van der Waals surface area contributed by atoms with Crippen LogP contribution in [0.2, 0.25) is 0 Å². The van der Waals surface area contributed by atoms with Gasteiger partial charge in [-0.05, 0) is 67.2 Å². The molecule has 1 aliphatic carbocycles. The Balaban J connectivity index is 1.50. The number of H-pyrrole nitrogens is 1. The number of carbonyl (C=O) groups is 1. The number of hydrogen-bond donors (Lipinski definition) is 1. The molecular formula is C24H20N2O3S2. The maximum absolute atomic E-state index is 13.3. The summed E-state index contributed by atoms with van der Waals surface area (Å²) in [7, 11) is 0. The molecule has 4 aromatic rings. The Morgan fingerprint density at radius 3 is 2.74 bits per heavy atom. The van der Waals surface area contributed by atoms with Crippen molar-refractivity contribution < 1.29 is 9.53 Å². The zero-order valence-corrected chi connectivity index (χ0v) is 18.4. The largest absolute Gasteiger partial charge is 0.489 e. The van der Waals surface area contributed by atoms with Gasteiger partial charge in [0.2, 0.25) is 0 Å². The number of ether oxygens (including phenoxy) is 1.